The molecule has 3 rings (SSSR count). The fourth-order valence-electron chi connectivity index (χ4n) is 2.44. The van der Waals surface area contributed by atoms with Crippen LogP contribution in [0.2, 0.25) is 0 Å². The minimum atomic E-state index is 0.664. The Morgan fingerprint density at radius 2 is 2.12 bits per heavy atom. The summed E-state index contributed by atoms with van der Waals surface area (Å²) >= 11 is 1.58. The number of fused-ring (bicyclic) bond motifs is 1. The third-order valence-electron chi connectivity index (χ3n) is 3.38. The van der Waals surface area contributed by atoms with Crippen molar-refractivity contribution in [1.82, 2.24) is 9.88 Å². The maximum absolute atomic E-state index is 5.71. The monoisotopic (exact) mass is 247 g/mol. The van der Waals surface area contributed by atoms with Crippen molar-refractivity contribution in [2.24, 2.45) is 0 Å². The summed E-state index contributed by atoms with van der Waals surface area (Å²) < 4.78 is 1.21. The summed E-state index contributed by atoms with van der Waals surface area (Å²) in [6.45, 7) is 3.73. The van der Waals surface area contributed by atoms with Crippen molar-refractivity contribution < 1.29 is 0 Å². The van der Waals surface area contributed by atoms with Crippen LogP contribution < -0.4 is 5.73 Å². The Hall–Kier alpha value is -1.13. The number of thiazole rings is 1. The lowest BCUT2D eigenvalue weighted by Crippen LogP contribution is -2.21. The van der Waals surface area contributed by atoms with Crippen molar-refractivity contribution >= 4 is 26.7 Å². The van der Waals surface area contributed by atoms with Gasteiger partial charge in [-0.25, -0.2) is 4.98 Å². The summed E-state index contributed by atoms with van der Waals surface area (Å²) in [6, 6.07) is 6.50. The van der Waals surface area contributed by atoms with E-state index in [9.17, 15) is 0 Å². The zero-order chi connectivity index (χ0) is 11.7. The molecule has 1 aliphatic rings. The molecule has 3 nitrogen and oxygen atoms in total. The average Bonchev–Trinajstić information content (AvgIpc) is 2.92. The number of hydrogen-bond donors (Lipinski definition) is 1. The molecule has 0 spiro atoms. The highest BCUT2D eigenvalue weighted by atomic mass is 32.1. The lowest BCUT2D eigenvalue weighted by Gasteiger charge is -2.13. The molecule has 1 aromatic heterocycles. The van der Waals surface area contributed by atoms with E-state index in [4.69, 9.17) is 5.73 Å². The molecule has 1 saturated heterocycles. The van der Waals surface area contributed by atoms with Gasteiger partial charge in [-0.2, -0.15) is 0 Å². The highest BCUT2D eigenvalue weighted by molar-refractivity contribution is 7.22. The van der Waals surface area contributed by atoms with Crippen molar-refractivity contribution in [2.75, 3.05) is 25.4 Å². The Bertz CT molecular complexity index is 514. The molecule has 2 N–H and O–H groups in total. The van der Waals surface area contributed by atoms with Crippen molar-refractivity contribution in [1.29, 1.82) is 0 Å². The number of anilines is 1. The largest absolute Gasteiger partial charge is 0.375 e. The Kier molecular flexibility index (Phi) is 2.99. The van der Waals surface area contributed by atoms with E-state index in [-0.39, 0.29) is 0 Å². The Labute approximate surface area is 105 Å². The van der Waals surface area contributed by atoms with Gasteiger partial charge in [-0.3, -0.25) is 0 Å². The summed E-state index contributed by atoms with van der Waals surface area (Å²) in [5.41, 5.74) is 8.14. The summed E-state index contributed by atoms with van der Waals surface area (Å²) in [5.74, 6) is 0. The highest BCUT2D eigenvalue weighted by Gasteiger charge is 2.11. The lowest BCUT2D eigenvalue weighted by atomic mass is 10.1. The van der Waals surface area contributed by atoms with Crippen LogP contribution in [0.1, 0.15) is 18.4 Å². The van der Waals surface area contributed by atoms with Crippen LogP contribution in [0.15, 0.2) is 18.2 Å². The number of hydrogen-bond acceptors (Lipinski definition) is 4. The van der Waals surface area contributed by atoms with Crippen LogP contribution in [-0.4, -0.2) is 29.5 Å². The molecule has 17 heavy (non-hydrogen) atoms. The standard InChI is InChI=1S/C13H17N3S/c14-13-15-11-4-3-10(9-12(11)17-13)5-8-16-6-1-2-7-16/h3-4,9H,1-2,5-8H2,(H2,14,15). The second-order valence-corrected chi connectivity index (χ2v) is 5.72. The fourth-order valence-corrected chi connectivity index (χ4v) is 3.23. The summed E-state index contributed by atoms with van der Waals surface area (Å²) in [6.07, 6.45) is 3.86. The van der Waals surface area contributed by atoms with E-state index in [2.05, 4.69) is 28.1 Å². The molecule has 1 aliphatic heterocycles. The van der Waals surface area contributed by atoms with E-state index in [0.29, 0.717) is 5.13 Å². The highest BCUT2D eigenvalue weighted by Crippen LogP contribution is 2.24. The summed E-state index contributed by atoms with van der Waals surface area (Å²) in [5, 5.41) is 0.664. The molecule has 2 heterocycles. The van der Waals surface area contributed by atoms with Crippen LogP contribution in [0.5, 0.6) is 0 Å². The molecule has 4 heteroatoms. The van der Waals surface area contributed by atoms with Crippen LogP contribution >= 0.6 is 11.3 Å². The number of rotatable bonds is 3. The summed E-state index contributed by atoms with van der Waals surface area (Å²) in [4.78, 5) is 6.82. The smallest absolute Gasteiger partial charge is 0.181 e. The normalized spacial score (nSPS) is 16.9. The van der Waals surface area contributed by atoms with Crippen LogP contribution in [0.3, 0.4) is 0 Å². The van der Waals surface area contributed by atoms with Gasteiger partial charge < -0.3 is 10.6 Å². The molecule has 0 aliphatic carbocycles. The van der Waals surface area contributed by atoms with Gasteiger partial charge >= 0.3 is 0 Å². The van der Waals surface area contributed by atoms with Crippen LogP contribution in [-0.2, 0) is 6.42 Å². The Balaban J connectivity index is 1.71. The molecule has 2 aromatic rings. The van der Waals surface area contributed by atoms with Gasteiger partial charge in [0, 0.05) is 6.54 Å². The van der Waals surface area contributed by atoms with E-state index < -0.39 is 0 Å². The minimum absolute atomic E-state index is 0.664. The Morgan fingerprint density at radius 1 is 1.29 bits per heavy atom. The molecular formula is C13H17N3S. The van der Waals surface area contributed by atoms with E-state index in [1.165, 1.54) is 42.7 Å². The predicted molar refractivity (Wildman–Crippen MR) is 73.4 cm³/mol. The fraction of sp³-hybridized carbons (Fsp3) is 0.462. The van der Waals surface area contributed by atoms with E-state index in [1.54, 1.807) is 11.3 Å². The molecule has 1 fully saturated rings. The van der Waals surface area contributed by atoms with Gasteiger partial charge in [0.25, 0.3) is 0 Å². The number of nitrogens with two attached hydrogens (primary N) is 1. The van der Waals surface area contributed by atoms with Crippen LogP contribution in [0.25, 0.3) is 10.2 Å². The maximum atomic E-state index is 5.71. The van der Waals surface area contributed by atoms with Crippen LogP contribution in [0, 0.1) is 0 Å². The molecule has 0 bridgehead atoms. The maximum Gasteiger partial charge on any atom is 0.181 e. The zero-order valence-electron chi connectivity index (χ0n) is 9.85. The first kappa shape index (κ1) is 11.0. The van der Waals surface area contributed by atoms with E-state index >= 15 is 0 Å². The number of benzene rings is 1. The predicted octanol–water partition coefficient (Wildman–Crippen LogP) is 2.52. The van der Waals surface area contributed by atoms with Gasteiger partial charge in [0.2, 0.25) is 0 Å². The summed E-state index contributed by atoms with van der Waals surface area (Å²) in [7, 11) is 0. The van der Waals surface area contributed by atoms with Crippen molar-refractivity contribution in [3.63, 3.8) is 0 Å². The SMILES string of the molecule is Nc1nc2ccc(CCN3CCCC3)cc2s1. The quantitative estimate of drug-likeness (QED) is 0.906. The Morgan fingerprint density at radius 3 is 2.94 bits per heavy atom. The second-order valence-electron chi connectivity index (χ2n) is 4.65. The van der Waals surface area contributed by atoms with Gasteiger partial charge in [0.1, 0.15) is 0 Å². The van der Waals surface area contributed by atoms with Gasteiger partial charge in [0.05, 0.1) is 10.2 Å². The topological polar surface area (TPSA) is 42.1 Å². The molecule has 0 amide bonds. The van der Waals surface area contributed by atoms with Crippen molar-refractivity contribution in [2.45, 2.75) is 19.3 Å². The van der Waals surface area contributed by atoms with Crippen molar-refractivity contribution in [3.8, 4) is 0 Å². The average molecular weight is 247 g/mol. The third-order valence-corrected chi connectivity index (χ3v) is 4.23. The molecule has 0 unspecified atom stereocenters. The first-order chi connectivity index (χ1) is 8.31. The molecule has 0 radical (unpaired) electrons. The van der Waals surface area contributed by atoms with Crippen molar-refractivity contribution in [3.05, 3.63) is 23.8 Å². The van der Waals surface area contributed by atoms with Gasteiger partial charge in [-0.1, -0.05) is 17.4 Å². The second kappa shape index (κ2) is 4.63. The van der Waals surface area contributed by atoms with Crippen LogP contribution in [0.4, 0.5) is 5.13 Å². The number of nitrogens with zero attached hydrogens (tertiary/aromatic N) is 2. The molecule has 0 atom stereocenters. The van der Waals surface area contributed by atoms with E-state index in [0.717, 1.165) is 11.9 Å². The first-order valence-corrected chi connectivity index (χ1v) is 7.00. The molecule has 90 valence electrons. The number of nitrogen functional groups attached to an aromatic ring is 1. The van der Waals surface area contributed by atoms with E-state index in [1.807, 2.05) is 0 Å². The number of likely N-dealkylation sites (tertiary alicyclic amines) is 1. The minimum Gasteiger partial charge on any atom is -0.375 e. The third kappa shape index (κ3) is 2.42. The van der Waals surface area contributed by atoms with Gasteiger partial charge in [-0.15, -0.1) is 0 Å². The first-order valence-electron chi connectivity index (χ1n) is 6.18. The zero-order valence-corrected chi connectivity index (χ0v) is 10.7. The van der Waals surface area contributed by atoms with Gasteiger partial charge in [0.15, 0.2) is 5.13 Å². The number of aromatic nitrogens is 1. The van der Waals surface area contributed by atoms with Gasteiger partial charge in [-0.05, 0) is 50.0 Å². The molecule has 0 saturated carbocycles. The molecular weight excluding hydrogens is 230 g/mol. The lowest BCUT2D eigenvalue weighted by molar-refractivity contribution is 0.343. The molecule has 1 aromatic carbocycles.